The van der Waals surface area contributed by atoms with Crippen molar-refractivity contribution < 1.29 is 0 Å². The van der Waals surface area contributed by atoms with Crippen molar-refractivity contribution in [3.05, 3.63) is 5.82 Å². The van der Waals surface area contributed by atoms with Crippen molar-refractivity contribution >= 4 is 0 Å². The van der Waals surface area contributed by atoms with Crippen LogP contribution in [0, 0.1) is 5.41 Å². The Kier molecular flexibility index (Phi) is 2.24. The molecule has 2 fully saturated rings. The Morgan fingerprint density at radius 3 is 2.50 bits per heavy atom. The van der Waals surface area contributed by atoms with Crippen molar-refractivity contribution in [3.8, 4) is 0 Å². The molecule has 3 rings (SSSR count). The maximum Gasteiger partial charge on any atom is 0.182 e. The van der Waals surface area contributed by atoms with E-state index in [1.165, 1.54) is 38.5 Å². The van der Waals surface area contributed by atoms with E-state index in [0.717, 1.165) is 12.2 Å². The smallest absolute Gasteiger partial charge is 0.182 e. The molecular formula is C11H19N5. The van der Waals surface area contributed by atoms with Gasteiger partial charge in [-0.15, -0.1) is 10.2 Å². The van der Waals surface area contributed by atoms with E-state index in [9.17, 15) is 0 Å². The fourth-order valence-electron chi connectivity index (χ4n) is 3.65. The summed E-state index contributed by atoms with van der Waals surface area (Å²) in [6, 6.07) is 0. The number of aromatic amines is 1. The lowest BCUT2D eigenvalue weighted by molar-refractivity contribution is 0.357. The molecule has 88 valence electrons. The van der Waals surface area contributed by atoms with E-state index in [1.54, 1.807) is 0 Å². The quantitative estimate of drug-likeness (QED) is 0.784. The lowest BCUT2D eigenvalue weighted by Gasteiger charge is -2.20. The highest BCUT2D eigenvalue weighted by atomic mass is 15.5. The number of hydrogen-bond donors (Lipinski definition) is 2. The first-order valence-electron chi connectivity index (χ1n) is 6.27. The van der Waals surface area contributed by atoms with Gasteiger partial charge in [0.15, 0.2) is 5.82 Å². The van der Waals surface area contributed by atoms with Gasteiger partial charge in [-0.25, -0.2) is 0 Å². The van der Waals surface area contributed by atoms with Crippen molar-refractivity contribution in [2.75, 3.05) is 6.54 Å². The minimum absolute atomic E-state index is 0.0321. The fraction of sp³-hybridized carbons (Fsp3) is 0.909. The molecule has 0 aromatic carbocycles. The van der Waals surface area contributed by atoms with Crippen molar-refractivity contribution in [2.24, 2.45) is 11.1 Å². The standard InChI is InChI=1S/C11H19N5/c12-8-11(9-13-15-16-14-9)7-10(11)5-3-1-2-4-6-10/h1-8,12H2,(H,13,14,15,16). The molecule has 16 heavy (non-hydrogen) atoms. The average Bonchev–Trinajstić information content (AvgIpc) is 2.75. The first-order chi connectivity index (χ1) is 7.83. The van der Waals surface area contributed by atoms with E-state index < -0.39 is 0 Å². The number of hydrogen-bond acceptors (Lipinski definition) is 4. The summed E-state index contributed by atoms with van der Waals surface area (Å²) < 4.78 is 0. The summed E-state index contributed by atoms with van der Waals surface area (Å²) in [5, 5.41) is 14.6. The van der Waals surface area contributed by atoms with E-state index in [1.807, 2.05) is 0 Å². The van der Waals surface area contributed by atoms with Crippen LogP contribution in [0.4, 0.5) is 0 Å². The van der Waals surface area contributed by atoms with E-state index in [2.05, 4.69) is 20.6 Å². The number of tetrazole rings is 1. The van der Waals surface area contributed by atoms with Crippen molar-refractivity contribution in [2.45, 2.75) is 50.4 Å². The second kappa shape index (κ2) is 3.52. The number of aromatic nitrogens is 4. The predicted octanol–water partition coefficient (Wildman–Crippen LogP) is 1.14. The van der Waals surface area contributed by atoms with Gasteiger partial charge >= 0.3 is 0 Å². The average molecular weight is 221 g/mol. The molecule has 1 unspecified atom stereocenters. The molecular weight excluding hydrogens is 202 g/mol. The molecule has 0 saturated heterocycles. The van der Waals surface area contributed by atoms with Gasteiger partial charge in [0.05, 0.1) is 5.41 Å². The lowest BCUT2D eigenvalue weighted by atomic mass is 9.85. The summed E-state index contributed by atoms with van der Waals surface area (Å²) in [6.07, 6.45) is 9.15. The van der Waals surface area contributed by atoms with Gasteiger partial charge < -0.3 is 5.73 Å². The maximum absolute atomic E-state index is 5.99. The zero-order chi connectivity index (χ0) is 11.1. The molecule has 1 aromatic heterocycles. The molecule has 0 aliphatic heterocycles. The zero-order valence-corrected chi connectivity index (χ0v) is 9.58. The van der Waals surface area contributed by atoms with Gasteiger partial charge in [-0.2, -0.15) is 5.21 Å². The monoisotopic (exact) mass is 221 g/mol. The van der Waals surface area contributed by atoms with Crippen LogP contribution in [0.15, 0.2) is 0 Å². The van der Waals surface area contributed by atoms with Crippen LogP contribution in [0.5, 0.6) is 0 Å². The van der Waals surface area contributed by atoms with Gasteiger partial charge in [-0.3, -0.25) is 0 Å². The molecule has 2 saturated carbocycles. The van der Waals surface area contributed by atoms with Gasteiger partial charge in [0.1, 0.15) is 0 Å². The largest absolute Gasteiger partial charge is 0.329 e. The molecule has 0 amide bonds. The molecule has 0 bridgehead atoms. The van der Waals surface area contributed by atoms with Crippen molar-refractivity contribution in [1.82, 2.24) is 20.6 Å². The minimum atomic E-state index is 0.0321. The molecule has 1 heterocycles. The van der Waals surface area contributed by atoms with Crippen LogP contribution in [0.2, 0.25) is 0 Å². The highest BCUT2D eigenvalue weighted by Crippen LogP contribution is 2.69. The lowest BCUT2D eigenvalue weighted by Crippen LogP contribution is -2.29. The zero-order valence-electron chi connectivity index (χ0n) is 9.58. The highest BCUT2D eigenvalue weighted by molar-refractivity contribution is 5.29. The molecule has 1 atom stereocenters. The number of rotatable bonds is 2. The molecule has 1 aromatic rings. The normalized spacial score (nSPS) is 32.6. The Morgan fingerprint density at radius 2 is 1.94 bits per heavy atom. The molecule has 5 nitrogen and oxygen atoms in total. The highest BCUT2D eigenvalue weighted by Gasteiger charge is 2.68. The molecule has 5 heteroatoms. The van der Waals surface area contributed by atoms with Crippen LogP contribution in [-0.2, 0) is 5.41 Å². The number of nitrogens with one attached hydrogen (secondary N) is 1. The van der Waals surface area contributed by atoms with Crippen LogP contribution in [-0.4, -0.2) is 27.2 Å². The van der Waals surface area contributed by atoms with Crippen molar-refractivity contribution in [3.63, 3.8) is 0 Å². The Balaban J connectivity index is 1.89. The van der Waals surface area contributed by atoms with Crippen LogP contribution in [0.25, 0.3) is 0 Å². The Bertz CT molecular complexity index is 352. The second-order valence-corrected chi connectivity index (χ2v) is 5.39. The van der Waals surface area contributed by atoms with Gasteiger partial charge in [0.2, 0.25) is 0 Å². The molecule has 2 aliphatic rings. The molecule has 1 spiro atoms. The minimum Gasteiger partial charge on any atom is -0.329 e. The van der Waals surface area contributed by atoms with Gasteiger partial charge in [-0.1, -0.05) is 30.9 Å². The summed E-state index contributed by atoms with van der Waals surface area (Å²) in [4.78, 5) is 0. The van der Waals surface area contributed by atoms with Crippen LogP contribution in [0.3, 0.4) is 0 Å². The summed E-state index contributed by atoms with van der Waals surface area (Å²) in [6.45, 7) is 0.659. The Morgan fingerprint density at radius 1 is 1.19 bits per heavy atom. The molecule has 2 aliphatic carbocycles. The van der Waals surface area contributed by atoms with Gasteiger partial charge in [0.25, 0.3) is 0 Å². The molecule has 3 N–H and O–H groups in total. The fourth-order valence-corrected chi connectivity index (χ4v) is 3.65. The first-order valence-corrected chi connectivity index (χ1v) is 6.27. The molecule has 0 radical (unpaired) electrons. The van der Waals surface area contributed by atoms with E-state index in [0.29, 0.717) is 12.0 Å². The topological polar surface area (TPSA) is 80.5 Å². The van der Waals surface area contributed by atoms with E-state index >= 15 is 0 Å². The van der Waals surface area contributed by atoms with Crippen LogP contribution in [0.1, 0.15) is 50.8 Å². The first kappa shape index (κ1) is 10.2. The van der Waals surface area contributed by atoms with Crippen LogP contribution >= 0.6 is 0 Å². The summed E-state index contributed by atoms with van der Waals surface area (Å²) in [5.74, 6) is 0.844. The second-order valence-electron chi connectivity index (χ2n) is 5.39. The third kappa shape index (κ3) is 1.24. The number of nitrogens with zero attached hydrogens (tertiary/aromatic N) is 3. The number of H-pyrrole nitrogens is 1. The van der Waals surface area contributed by atoms with Crippen LogP contribution < -0.4 is 5.73 Å². The predicted molar refractivity (Wildman–Crippen MR) is 59.7 cm³/mol. The summed E-state index contributed by atoms with van der Waals surface area (Å²) in [5.41, 5.74) is 6.42. The summed E-state index contributed by atoms with van der Waals surface area (Å²) in [7, 11) is 0. The third-order valence-corrected chi connectivity index (χ3v) is 4.71. The Labute approximate surface area is 95.2 Å². The SMILES string of the molecule is NCC1(c2nn[nH]n2)CC12CCCCCC2. The van der Waals surface area contributed by atoms with Crippen molar-refractivity contribution in [1.29, 1.82) is 0 Å². The summed E-state index contributed by atoms with van der Waals surface area (Å²) >= 11 is 0. The van der Waals surface area contributed by atoms with Gasteiger partial charge in [-0.05, 0) is 24.7 Å². The maximum atomic E-state index is 5.99. The van der Waals surface area contributed by atoms with E-state index in [-0.39, 0.29) is 5.41 Å². The number of nitrogens with two attached hydrogens (primary N) is 1. The Hall–Kier alpha value is -0.970. The van der Waals surface area contributed by atoms with E-state index in [4.69, 9.17) is 5.73 Å². The van der Waals surface area contributed by atoms with Gasteiger partial charge in [0, 0.05) is 6.54 Å². The third-order valence-electron chi connectivity index (χ3n) is 4.71.